The molecule has 1 fully saturated rings. The highest BCUT2D eigenvalue weighted by Crippen LogP contribution is 2.12. The summed E-state index contributed by atoms with van der Waals surface area (Å²) in [6.45, 7) is 2.05. The third-order valence-electron chi connectivity index (χ3n) is 2.82. The van der Waals surface area contributed by atoms with E-state index in [0.29, 0.717) is 6.42 Å². The fourth-order valence-electron chi connectivity index (χ4n) is 1.83. The summed E-state index contributed by atoms with van der Waals surface area (Å²) < 4.78 is 4.83. The molecule has 1 aromatic rings. The van der Waals surface area contributed by atoms with Gasteiger partial charge < -0.3 is 4.74 Å². The lowest BCUT2D eigenvalue weighted by atomic mass is 10.0. The van der Waals surface area contributed by atoms with Crippen LogP contribution in [0.15, 0.2) is 24.3 Å². The Labute approximate surface area is 100.0 Å². The van der Waals surface area contributed by atoms with E-state index >= 15 is 0 Å². The standard InChI is InChI=1S/C13H15NO3/c1-9-5-7-10(8-6-9)3-2-4-11-12(15)14-13(16)17-11/h5-8,11H,2-4H2,1H3,(H,14,15,16). The number of aryl methyl sites for hydroxylation is 2. The predicted molar refractivity (Wildman–Crippen MR) is 62.5 cm³/mol. The zero-order valence-corrected chi connectivity index (χ0v) is 9.73. The van der Waals surface area contributed by atoms with Gasteiger partial charge in [-0.1, -0.05) is 29.8 Å². The van der Waals surface area contributed by atoms with Crippen LogP contribution >= 0.6 is 0 Å². The van der Waals surface area contributed by atoms with Crippen molar-refractivity contribution in [2.24, 2.45) is 0 Å². The summed E-state index contributed by atoms with van der Waals surface area (Å²) in [7, 11) is 0. The molecule has 4 heteroatoms. The molecule has 4 nitrogen and oxygen atoms in total. The molecule has 1 atom stereocenters. The van der Waals surface area contributed by atoms with Crippen LogP contribution in [-0.2, 0) is 16.0 Å². The highest BCUT2D eigenvalue weighted by atomic mass is 16.6. The van der Waals surface area contributed by atoms with Gasteiger partial charge in [-0.3, -0.25) is 10.1 Å². The number of rotatable bonds is 4. The zero-order valence-electron chi connectivity index (χ0n) is 9.73. The third-order valence-corrected chi connectivity index (χ3v) is 2.82. The molecule has 1 aliphatic heterocycles. The highest BCUT2D eigenvalue weighted by molar-refractivity contribution is 5.99. The fourth-order valence-corrected chi connectivity index (χ4v) is 1.83. The van der Waals surface area contributed by atoms with Crippen molar-refractivity contribution in [3.05, 3.63) is 35.4 Å². The van der Waals surface area contributed by atoms with Crippen LogP contribution < -0.4 is 5.32 Å². The molecule has 0 saturated carbocycles. The lowest BCUT2D eigenvalue weighted by Gasteiger charge is -2.06. The van der Waals surface area contributed by atoms with E-state index < -0.39 is 12.2 Å². The minimum atomic E-state index is -0.629. The van der Waals surface area contributed by atoms with Crippen molar-refractivity contribution in [2.75, 3.05) is 0 Å². The first-order valence-electron chi connectivity index (χ1n) is 5.72. The summed E-state index contributed by atoms with van der Waals surface area (Å²) >= 11 is 0. The quantitative estimate of drug-likeness (QED) is 0.864. The van der Waals surface area contributed by atoms with Crippen LogP contribution in [0.1, 0.15) is 24.0 Å². The average Bonchev–Trinajstić information content (AvgIpc) is 2.60. The Morgan fingerprint density at radius 1 is 1.24 bits per heavy atom. The van der Waals surface area contributed by atoms with E-state index in [1.54, 1.807) is 0 Å². The molecule has 17 heavy (non-hydrogen) atoms. The predicted octanol–water partition coefficient (Wildman–Crippen LogP) is 1.95. The monoisotopic (exact) mass is 233 g/mol. The summed E-state index contributed by atoms with van der Waals surface area (Å²) in [5.74, 6) is -0.320. The second-order valence-electron chi connectivity index (χ2n) is 4.26. The van der Waals surface area contributed by atoms with Crippen LogP contribution in [0, 0.1) is 6.92 Å². The average molecular weight is 233 g/mol. The van der Waals surface area contributed by atoms with E-state index in [2.05, 4.69) is 29.6 Å². The first-order valence-corrected chi connectivity index (χ1v) is 5.72. The molecule has 1 N–H and O–H groups in total. The Morgan fingerprint density at radius 3 is 2.53 bits per heavy atom. The van der Waals surface area contributed by atoms with Gasteiger partial charge in [0.25, 0.3) is 5.91 Å². The maximum atomic E-state index is 11.2. The van der Waals surface area contributed by atoms with Crippen molar-refractivity contribution in [1.29, 1.82) is 0 Å². The Bertz CT molecular complexity index is 425. The van der Waals surface area contributed by atoms with Crippen LogP contribution in [0.3, 0.4) is 0 Å². The number of alkyl carbamates (subject to hydrolysis) is 1. The summed E-state index contributed by atoms with van der Waals surface area (Å²) in [5, 5.41) is 2.12. The molecular weight excluding hydrogens is 218 g/mol. The van der Waals surface area contributed by atoms with E-state index in [0.717, 1.165) is 12.8 Å². The number of carbonyl (C=O) groups is 2. The molecule has 1 unspecified atom stereocenters. The molecule has 0 spiro atoms. The van der Waals surface area contributed by atoms with Crippen LogP contribution in [0.5, 0.6) is 0 Å². The van der Waals surface area contributed by atoms with Crippen molar-refractivity contribution in [1.82, 2.24) is 5.32 Å². The van der Waals surface area contributed by atoms with Crippen LogP contribution in [0.25, 0.3) is 0 Å². The molecule has 0 bridgehead atoms. The molecule has 0 aromatic heterocycles. The zero-order chi connectivity index (χ0) is 12.3. The van der Waals surface area contributed by atoms with E-state index in [9.17, 15) is 9.59 Å². The number of benzene rings is 1. The summed E-state index contributed by atoms with van der Waals surface area (Å²) in [5.41, 5.74) is 2.47. The van der Waals surface area contributed by atoms with Crippen LogP contribution in [-0.4, -0.2) is 18.1 Å². The minimum absolute atomic E-state index is 0.320. The summed E-state index contributed by atoms with van der Waals surface area (Å²) in [6, 6.07) is 8.29. The molecule has 90 valence electrons. The smallest absolute Gasteiger partial charge is 0.414 e. The number of carbonyl (C=O) groups excluding carboxylic acids is 2. The van der Waals surface area contributed by atoms with E-state index in [1.807, 2.05) is 6.92 Å². The normalized spacial score (nSPS) is 19.0. The maximum Gasteiger partial charge on any atom is 0.414 e. The van der Waals surface area contributed by atoms with Gasteiger partial charge in [0.15, 0.2) is 6.10 Å². The third kappa shape index (κ3) is 3.06. The second-order valence-corrected chi connectivity index (χ2v) is 4.26. The van der Waals surface area contributed by atoms with Gasteiger partial charge in [0.05, 0.1) is 0 Å². The molecule has 2 rings (SSSR count). The van der Waals surface area contributed by atoms with Crippen molar-refractivity contribution >= 4 is 12.0 Å². The molecule has 1 aromatic carbocycles. The number of cyclic esters (lactones) is 1. The molecule has 0 radical (unpaired) electrons. The van der Waals surface area contributed by atoms with Gasteiger partial charge in [0.1, 0.15) is 0 Å². The van der Waals surface area contributed by atoms with Gasteiger partial charge in [-0.25, -0.2) is 4.79 Å². The van der Waals surface area contributed by atoms with Gasteiger partial charge >= 0.3 is 6.09 Å². The first kappa shape index (κ1) is 11.6. The molecule has 2 amide bonds. The number of hydrogen-bond acceptors (Lipinski definition) is 3. The van der Waals surface area contributed by atoms with Crippen LogP contribution in [0.2, 0.25) is 0 Å². The number of nitrogens with one attached hydrogen (secondary N) is 1. The molecule has 0 aliphatic carbocycles. The van der Waals surface area contributed by atoms with Gasteiger partial charge in [-0.15, -0.1) is 0 Å². The minimum Gasteiger partial charge on any atom is -0.436 e. The van der Waals surface area contributed by atoms with Gasteiger partial charge in [0.2, 0.25) is 0 Å². The van der Waals surface area contributed by atoms with E-state index in [4.69, 9.17) is 4.74 Å². The van der Waals surface area contributed by atoms with Gasteiger partial charge in [0, 0.05) is 0 Å². The largest absolute Gasteiger partial charge is 0.436 e. The molecule has 1 heterocycles. The van der Waals surface area contributed by atoms with E-state index in [-0.39, 0.29) is 5.91 Å². The summed E-state index contributed by atoms with van der Waals surface area (Å²) in [4.78, 5) is 22.0. The lowest BCUT2D eigenvalue weighted by molar-refractivity contribution is -0.123. The molecule has 1 saturated heterocycles. The van der Waals surface area contributed by atoms with Crippen LogP contribution in [0.4, 0.5) is 4.79 Å². The first-order chi connectivity index (χ1) is 8.15. The van der Waals surface area contributed by atoms with Crippen molar-refractivity contribution in [3.8, 4) is 0 Å². The van der Waals surface area contributed by atoms with Gasteiger partial charge in [-0.05, 0) is 31.7 Å². The Kier molecular flexibility index (Phi) is 3.42. The SMILES string of the molecule is Cc1ccc(CCCC2OC(=O)NC2=O)cc1. The fraction of sp³-hybridized carbons (Fsp3) is 0.385. The van der Waals surface area contributed by atoms with Gasteiger partial charge in [-0.2, -0.15) is 0 Å². The second kappa shape index (κ2) is 4.99. The maximum absolute atomic E-state index is 11.2. The molecular formula is C13H15NO3. The van der Waals surface area contributed by atoms with Crippen molar-refractivity contribution < 1.29 is 14.3 Å². The van der Waals surface area contributed by atoms with E-state index in [1.165, 1.54) is 11.1 Å². The highest BCUT2D eigenvalue weighted by Gasteiger charge is 2.31. The Balaban J connectivity index is 1.78. The number of amides is 2. The van der Waals surface area contributed by atoms with Crippen molar-refractivity contribution in [3.63, 3.8) is 0 Å². The summed E-state index contributed by atoms with van der Waals surface area (Å²) in [6.07, 6.45) is 1.06. The Hall–Kier alpha value is -1.84. The molecule has 1 aliphatic rings. The topological polar surface area (TPSA) is 55.4 Å². The Morgan fingerprint density at radius 2 is 1.94 bits per heavy atom. The number of imide groups is 1. The number of hydrogen-bond donors (Lipinski definition) is 1. The lowest BCUT2D eigenvalue weighted by Crippen LogP contribution is -2.24. The van der Waals surface area contributed by atoms with Crippen molar-refractivity contribution in [2.45, 2.75) is 32.3 Å². The number of ether oxygens (including phenoxy) is 1.